The van der Waals surface area contributed by atoms with E-state index in [2.05, 4.69) is 11.9 Å². The average molecular weight is 550 g/mol. The predicted molar refractivity (Wildman–Crippen MR) is 152 cm³/mol. The summed E-state index contributed by atoms with van der Waals surface area (Å²) in [4.78, 5) is 17.0. The molecule has 0 radical (unpaired) electrons. The Kier molecular flexibility index (Phi) is 9.80. The van der Waals surface area contributed by atoms with Crippen molar-refractivity contribution in [2.45, 2.75) is 58.0 Å². The summed E-state index contributed by atoms with van der Waals surface area (Å²) in [6.45, 7) is 2.94. The molecule has 1 aromatic heterocycles. The van der Waals surface area contributed by atoms with Crippen molar-refractivity contribution in [2.24, 2.45) is 0 Å². The Morgan fingerprint density at radius 1 is 0.775 bits per heavy atom. The molecule has 7 heteroatoms. The molecule has 0 saturated heterocycles. The molecule has 0 aliphatic carbocycles. The van der Waals surface area contributed by atoms with Crippen molar-refractivity contribution in [2.75, 3.05) is 13.7 Å². The van der Waals surface area contributed by atoms with Crippen LogP contribution in [0.4, 0.5) is 13.2 Å². The summed E-state index contributed by atoms with van der Waals surface area (Å²) in [5, 5.41) is 0.0938. The Morgan fingerprint density at radius 2 is 1.38 bits per heavy atom. The first kappa shape index (κ1) is 29.1. The average Bonchev–Trinajstić information content (AvgIpc) is 2.97. The molecule has 0 saturated carbocycles. The number of hydrogen-bond donors (Lipinski definition) is 0. The quantitative estimate of drug-likeness (QED) is 0.130. The number of halogens is 3. The first-order valence-electron chi connectivity index (χ1n) is 13.7. The van der Waals surface area contributed by atoms with Crippen molar-refractivity contribution in [3.8, 4) is 28.1 Å². The first-order valence-corrected chi connectivity index (χ1v) is 13.7. The lowest BCUT2D eigenvalue weighted by Gasteiger charge is -2.12. The van der Waals surface area contributed by atoms with E-state index in [0.29, 0.717) is 12.3 Å². The molecule has 0 bridgehead atoms. The third-order valence-corrected chi connectivity index (χ3v) is 6.93. The van der Waals surface area contributed by atoms with Crippen LogP contribution in [-0.2, 0) is 10.9 Å². The van der Waals surface area contributed by atoms with E-state index in [1.165, 1.54) is 57.8 Å². The molecule has 4 aromatic rings. The number of fused-ring (bicyclic) bond motifs is 1. The molecule has 0 spiro atoms. The van der Waals surface area contributed by atoms with Gasteiger partial charge in [-0.3, -0.25) is 0 Å². The van der Waals surface area contributed by atoms with Gasteiger partial charge in [0.25, 0.3) is 0 Å². The van der Waals surface area contributed by atoms with E-state index in [9.17, 15) is 18.0 Å². The molecule has 0 fully saturated rings. The molecule has 0 atom stereocenters. The van der Waals surface area contributed by atoms with Crippen LogP contribution >= 0.6 is 0 Å². The maximum Gasteiger partial charge on any atom is 0.416 e. The molecular weight excluding hydrogens is 515 g/mol. The Balaban J connectivity index is 1.45. The summed E-state index contributed by atoms with van der Waals surface area (Å²) < 4.78 is 50.5. The zero-order valence-electron chi connectivity index (χ0n) is 22.9. The van der Waals surface area contributed by atoms with Gasteiger partial charge in [0.05, 0.1) is 36.1 Å². The van der Waals surface area contributed by atoms with Gasteiger partial charge in [-0.05, 0) is 53.9 Å². The molecule has 0 unspecified atom stereocenters. The summed E-state index contributed by atoms with van der Waals surface area (Å²) >= 11 is 0. The topological polar surface area (TPSA) is 48.4 Å². The molecular formula is C33H34F3NO3. The predicted octanol–water partition coefficient (Wildman–Crippen LogP) is 9.50. The van der Waals surface area contributed by atoms with E-state index < -0.39 is 17.7 Å². The highest BCUT2D eigenvalue weighted by molar-refractivity contribution is 6.04. The van der Waals surface area contributed by atoms with Gasteiger partial charge >= 0.3 is 12.1 Å². The van der Waals surface area contributed by atoms with Gasteiger partial charge in [0, 0.05) is 10.9 Å². The monoisotopic (exact) mass is 549 g/mol. The Bertz CT molecular complexity index is 1410. The number of esters is 1. The summed E-state index contributed by atoms with van der Waals surface area (Å²) in [6.07, 6.45) is 4.17. The van der Waals surface area contributed by atoms with Crippen molar-refractivity contribution in [3.63, 3.8) is 0 Å². The van der Waals surface area contributed by atoms with E-state index in [4.69, 9.17) is 9.47 Å². The standard InChI is InChI=1S/C33H34F3NO3/c1-3-4-5-6-7-8-9-20-40-27-17-14-24(15-18-27)23-10-12-25(13-11-23)31-22-29(32(38)39-2)28-21-26(33(34,35)36)16-19-30(28)37-31/h10-19,21-22H,3-9,20H2,1-2H3. The minimum atomic E-state index is -4.53. The van der Waals surface area contributed by atoms with Gasteiger partial charge in [-0.2, -0.15) is 13.2 Å². The molecule has 1 heterocycles. The lowest BCUT2D eigenvalue weighted by Crippen LogP contribution is -2.07. The van der Waals surface area contributed by atoms with Crippen molar-refractivity contribution in [1.29, 1.82) is 0 Å². The molecule has 0 amide bonds. The maximum atomic E-state index is 13.3. The number of nitrogens with zero attached hydrogens (tertiary/aromatic N) is 1. The number of aromatic nitrogens is 1. The molecule has 4 rings (SSSR count). The van der Waals surface area contributed by atoms with E-state index in [1.54, 1.807) is 0 Å². The van der Waals surface area contributed by atoms with Gasteiger partial charge in [0.15, 0.2) is 0 Å². The number of rotatable bonds is 12. The minimum Gasteiger partial charge on any atom is -0.494 e. The van der Waals surface area contributed by atoms with Gasteiger partial charge < -0.3 is 9.47 Å². The molecule has 0 aliphatic rings. The van der Waals surface area contributed by atoms with Gasteiger partial charge in [-0.15, -0.1) is 0 Å². The van der Waals surface area contributed by atoms with Crippen LogP contribution in [0.2, 0.25) is 0 Å². The van der Waals surface area contributed by atoms with Crippen molar-refractivity contribution < 1.29 is 27.4 Å². The van der Waals surface area contributed by atoms with Crippen LogP contribution in [0.15, 0.2) is 72.8 Å². The zero-order valence-corrected chi connectivity index (χ0v) is 22.9. The summed E-state index contributed by atoms with van der Waals surface area (Å²) in [6, 6.07) is 20.2. The van der Waals surface area contributed by atoms with Crippen LogP contribution < -0.4 is 4.74 Å². The maximum absolute atomic E-state index is 13.3. The van der Waals surface area contributed by atoms with Crippen LogP contribution in [0, 0.1) is 0 Å². The fourth-order valence-corrected chi connectivity index (χ4v) is 4.66. The number of unbranched alkanes of at least 4 members (excludes halogenated alkanes) is 6. The van der Waals surface area contributed by atoms with Gasteiger partial charge in [-0.25, -0.2) is 9.78 Å². The number of carbonyl (C=O) groups excluding carboxylic acids is 1. The zero-order chi connectivity index (χ0) is 28.5. The fourth-order valence-electron chi connectivity index (χ4n) is 4.66. The number of carbonyl (C=O) groups is 1. The highest BCUT2D eigenvalue weighted by Gasteiger charge is 2.31. The Labute approximate surface area is 233 Å². The lowest BCUT2D eigenvalue weighted by molar-refractivity contribution is -0.137. The van der Waals surface area contributed by atoms with Gasteiger partial charge in [0.1, 0.15) is 5.75 Å². The van der Waals surface area contributed by atoms with E-state index in [0.717, 1.165) is 41.0 Å². The number of benzene rings is 3. The number of alkyl halides is 3. The third-order valence-electron chi connectivity index (χ3n) is 6.93. The smallest absolute Gasteiger partial charge is 0.416 e. The Hall–Kier alpha value is -3.87. The van der Waals surface area contributed by atoms with E-state index in [1.807, 2.05) is 48.5 Å². The number of pyridine rings is 1. The molecule has 3 aromatic carbocycles. The second kappa shape index (κ2) is 13.5. The van der Waals surface area contributed by atoms with Crippen molar-refractivity contribution >= 4 is 16.9 Å². The molecule has 210 valence electrons. The second-order valence-corrected chi connectivity index (χ2v) is 9.85. The van der Waals surface area contributed by atoms with Crippen LogP contribution in [0.25, 0.3) is 33.3 Å². The lowest BCUT2D eigenvalue weighted by atomic mass is 10.00. The second-order valence-electron chi connectivity index (χ2n) is 9.85. The van der Waals surface area contributed by atoms with Gasteiger partial charge in [0.2, 0.25) is 0 Å². The molecule has 40 heavy (non-hydrogen) atoms. The highest BCUT2D eigenvalue weighted by Crippen LogP contribution is 2.34. The number of ether oxygens (including phenoxy) is 2. The molecule has 0 aliphatic heterocycles. The normalized spacial score (nSPS) is 11.5. The van der Waals surface area contributed by atoms with Crippen molar-refractivity contribution in [3.05, 3.63) is 83.9 Å². The van der Waals surface area contributed by atoms with Crippen LogP contribution in [0.3, 0.4) is 0 Å². The summed E-state index contributed by atoms with van der Waals surface area (Å²) in [5.74, 6) is 0.120. The minimum absolute atomic E-state index is 0.0322. The summed E-state index contributed by atoms with van der Waals surface area (Å²) in [7, 11) is 1.20. The molecule has 4 nitrogen and oxygen atoms in total. The SMILES string of the molecule is CCCCCCCCCOc1ccc(-c2ccc(-c3cc(C(=O)OC)c4cc(C(F)(F)F)ccc4n3)cc2)cc1. The Morgan fingerprint density at radius 3 is 2.00 bits per heavy atom. The van der Waals surface area contributed by atoms with Crippen LogP contribution in [0.1, 0.15) is 67.8 Å². The summed E-state index contributed by atoms with van der Waals surface area (Å²) in [5.41, 5.74) is 2.67. The highest BCUT2D eigenvalue weighted by atomic mass is 19.4. The van der Waals surface area contributed by atoms with Gasteiger partial charge in [-0.1, -0.05) is 81.8 Å². The van der Waals surface area contributed by atoms with Crippen LogP contribution in [-0.4, -0.2) is 24.7 Å². The van der Waals surface area contributed by atoms with E-state index in [-0.39, 0.29) is 16.5 Å². The first-order chi connectivity index (χ1) is 19.3. The third kappa shape index (κ3) is 7.40. The molecule has 0 N–H and O–H groups in total. The van der Waals surface area contributed by atoms with E-state index >= 15 is 0 Å². The van der Waals surface area contributed by atoms with Crippen LogP contribution in [0.5, 0.6) is 5.75 Å². The fraction of sp³-hybridized carbons (Fsp3) is 0.333. The number of hydrogen-bond acceptors (Lipinski definition) is 4. The van der Waals surface area contributed by atoms with Crippen molar-refractivity contribution in [1.82, 2.24) is 4.98 Å². The number of methoxy groups -OCH3 is 1. The largest absolute Gasteiger partial charge is 0.494 e.